The standard InChI is InChI=1S/C19H26FN3O4/c1-12(2)10-16(18(25)26)21-17(24)13-6-5-9-23(11-13)19(27)22-15-8-4-3-7-14(15)20/h3-4,7-8,12-13,16H,5-6,9-11H2,1-2H3,(H,21,24)(H,22,27)(H,25,26)/t13?,16-/m1/s1. The van der Waals surface area contributed by atoms with Gasteiger partial charge in [-0.15, -0.1) is 0 Å². The Morgan fingerprint density at radius 1 is 1.30 bits per heavy atom. The summed E-state index contributed by atoms with van der Waals surface area (Å²) >= 11 is 0. The third-order valence-corrected chi connectivity index (χ3v) is 4.52. The van der Waals surface area contributed by atoms with E-state index >= 15 is 0 Å². The van der Waals surface area contributed by atoms with Gasteiger partial charge in [0.05, 0.1) is 11.6 Å². The molecule has 1 aromatic carbocycles. The van der Waals surface area contributed by atoms with Gasteiger partial charge in [0.1, 0.15) is 11.9 Å². The van der Waals surface area contributed by atoms with Crippen molar-refractivity contribution >= 4 is 23.6 Å². The van der Waals surface area contributed by atoms with Gasteiger partial charge in [0.2, 0.25) is 5.91 Å². The summed E-state index contributed by atoms with van der Waals surface area (Å²) in [6.07, 6.45) is 1.53. The lowest BCUT2D eigenvalue weighted by Crippen LogP contribution is -2.50. The van der Waals surface area contributed by atoms with Crippen LogP contribution in [0.15, 0.2) is 24.3 Å². The largest absolute Gasteiger partial charge is 0.480 e. The maximum absolute atomic E-state index is 13.7. The van der Waals surface area contributed by atoms with Gasteiger partial charge in [-0.3, -0.25) is 4.79 Å². The minimum absolute atomic E-state index is 0.0805. The average molecular weight is 379 g/mol. The van der Waals surface area contributed by atoms with E-state index < -0.39 is 29.8 Å². The molecule has 0 saturated carbocycles. The predicted octanol–water partition coefficient (Wildman–Crippen LogP) is 2.69. The fourth-order valence-corrected chi connectivity index (χ4v) is 3.11. The van der Waals surface area contributed by atoms with Crippen LogP contribution < -0.4 is 10.6 Å². The number of amides is 3. The summed E-state index contributed by atoms with van der Waals surface area (Å²) in [5, 5.41) is 14.4. The van der Waals surface area contributed by atoms with Gasteiger partial charge in [-0.1, -0.05) is 26.0 Å². The van der Waals surface area contributed by atoms with Gasteiger partial charge in [0.25, 0.3) is 0 Å². The molecule has 0 aliphatic carbocycles. The summed E-state index contributed by atoms with van der Waals surface area (Å²) in [6, 6.07) is 4.44. The average Bonchev–Trinajstić information content (AvgIpc) is 2.62. The zero-order chi connectivity index (χ0) is 20.0. The van der Waals surface area contributed by atoms with E-state index in [0.717, 1.165) is 0 Å². The molecule has 1 saturated heterocycles. The molecule has 3 amide bonds. The van der Waals surface area contributed by atoms with Gasteiger partial charge < -0.3 is 20.6 Å². The Hall–Kier alpha value is -2.64. The molecule has 1 unspecified atom stereocenters. The van der Waals surface area contributed by atoms with Crippen LogP contribution in [0.5, 0.6) is 0 Å². The van der Waals surface area contributed by atoms with Crippen LogP contribution in [0.25, 0.3) is 0 Å². The van der Waals surface area contributed by atoms with Crippen LogP contribution in [0.1, 0.15) is 33.1 Å². The summed E-state index contributed by atoms with van der Waals surface area (Å²) in [7, 11) is 0. The highest BCUT2D eigenvalue weighted by Crippen LogP contribution is 2.20. The number of urea groups is 1. The maximum Gasteiger partial charge on any atom is 0.326 e. The van der Waals surface area contributed by atoms with Crippen molar-refractivity contribution in [2.24, 2.45) is 11.8 Å². The van der Waals surface area contributed by atoms with Gasteiger partial charge in [-0.25, -0.2) is 14.0 Å². The number of para-hydroxylation sites is 1. The number of rotatable bonds is 6. The third kappa shape index (κ3) is 5.94. The molecule has 1 aliphatic heterocycles. The number of likely N-dealkylation sites (tertiary alicyclic amines) is 1. The number of carboxylic acids is 1. The summed E-state index contributed by atoms with van der Waals surface area (Å²) in [5.74, 6) is -2.33. The number of hydrogen-bond donors (Lipinski definition) is 3. The molecule has 1 aliphatic rings. The van der Waals surface area contributed by atoms with Gasteiger partial charge in [0.15, 0.2) is 0 Å². The topological polar surface area (TPSA) is 98.7 Å². The van der Waals surface area contributed by atoms with Crippen LogP contribution in [0, 0.1) is 17.7 Å². The van der Waals surface area contributed by atoms with Crippen LogP contribution in [-0.4, -0.2) is 47.0 Å². The highest BCUT2D eigenvalue weighted by molar-refractivity contribution is 5.90. The fraction of sp³-hybridized carbons (Fsp3) is 0.526. The molecule has 0 spiro atoms. The Morgan fingerprint density at radius 2 is 2.00 bits per heavy atom. The monoisotopic (exact) mass is 379 g/mol. The van der Waals surface area contributed by atoms with Gasteiger partial charge in [-0.2, -0.15) is 0 Å². The molecule has 2 atom stereocenters. The van der Waals surface area contributed by atoms with Crippen LogP contribution >= 0.6 is 0 Å². The quantitative estimate of drug-likeness (QED) is 0.708. The number of halogens is 1. The van der Waals surface area contributed by atoms with Crippen LogP contribution in [0.2, 0.25) is 0 Å². The number of hydrogen-bond acceptors (Lipinski definition) is 3. The SMILES string of the molecule is CC(C)C[C@@H](NC(=O)C1CCCN(C(=O)Nc2ccccc2F)C1)C(=O)O. The summed E-state index contributed by atoms with van der Waals surface area (Å²) < 4.78 is 13.7. The number of anilines is 1. The van der Waals surface area contributed by atoms with Crippen molar-refractivity contribution in [3.63, 3.8) is 0 Å². The predicted molar refractivity (Wildman–Crippen MR) is 98.7 cm³/mol. The van der Waals surface area contributed by atoms with E-state index in [0.29, 0.717) is 25.8 Å². The minimum atomic E-state index is -1.07. The number of nitrogens with one attached hydrogen (secondary N) is 2. The Labute approximate surface area is 157 Å². The fourth-order valence-electron chi connectivity index (χ4n) is 3.11. The van der Waals surface area contributed by atoms with E-state index in [1.54, 1.807) is 6.07 Å². The van der Waals surface area contributed by atoms with Crippen LogP contribution in [0.4, 0.5) is 14.9 Å². The second kappa shape index (κ2) is 9.34. The van der Waals surface area contributed by atoms with Crippen molar-refractivity contribution in [1.29, 1.82) is 0 Å². The molecule has 148 valence electrons. The Bertz CT molecular complexity index is 695. The highest BCUT2D eigenvalue weighted by Gasteiger charge is 2.31. The second-order valence-corrected chi connectivity index (χ2v) is 7.22. The van der Waals surface area contributed by atoms with E-state index in [1.165, 1.54) is 23.1 Å². The molecular formula is C19H26FN3O4. The first kappa shape index (κ1) is 20.7. The number of piperidine rings is 1. The van der Waals surface area contributed by atoms with Crippen molar-refractivity contribution in [1.82, 2.24) is 10.2 Å². The molecule has 0 radical (unpaired) electrons. The first-order valence-corrected chi connectivity index (χ1v) is 9.11. The molecule has 0 bridgehead atoms. The van der Waals surface area contributed by atoms with E-state index in [1.807, 2.05) is 13.8 Å². The van der Waals surface area contributed by atoms with Crippen molar-refractivity contribution < 1.29 is 23.9 Å². The van der Waals surface area contributed by atoms with Crippen LogP contribution in [-0.2, 0) is 9.59 Å². The molecule has 7 nitrogen and oxygen atoms in total. The molecule has 1 aromatic rings. The minimum Gasteiger partial charge on any atom is -0.480 e. The van der Waals surface area contributed by atoms with Crippen LogP contribution in [0.3, 0.4) is 0 Å². The number of carbonyl (C=O) groups excluding carboxylic acids is 2. The zero-order valence-corrected chi connectivity index (χ0v) is 15.6. The van der Waals surface area contributed by atoms with Gasteiger partial charge in [0, 0.05) is 13.1 Å². The van der Waals surface area contributed by atoms with Gasteiger partial charge in [-0.05, 0) is 37.3 Å². The normalized spacial score (nSPS) is 18.1. The third-order valence-electron chi connectivity index (χ3n) is 4.52. The lowest BCUT2D eigenvalue weighted by molar-refractivity contribution is -0.143. The van der Waals surface area contributed by atoms with Gasteiger partial charge >= 0.3 is 12.0 Å². The molecule has 1 fully saturated rings. The Kier molecular flexibility index (Phi) is 7.15. The van der Waals surface area contributed by atoms with E-state index in [-0.39, 0.29) is 24.1 Å². The number of benzene rings is 1. The van der Waals surface area contributed by atoms with Crippen molar-refractivity contribution in [3.8, 4) is 0 Å². The first-order chi connectivity index (χ1) is 12.8. The molecule has 8 heteroatoms. The molecular weight excluding hydrogens is 353 g/mol. The number of carbonyl (C=O) groups is 3. The first-order valence-electron chi connectivity index (χ1n) is 9.11. The van der Waals surface area contributed by atoms with E-state index in [2.05, 4.69) is 10.6 Å². The zero-order valence-electron chi connectivity index (χ0n) is 15.6. The number of carboxylic acid groups (broad SMARTS) is 1. The second-order valence-electron chi connectivity index (χ2n) is 7.22. The number of nitrogens with zero attached hydrogens (tertiary/aromatic N) is 1. The number of aliphatic carboxylic acids is 1. The molecule has 1 heterocycles. The maximum atomic E-state index is 13.7. The summed E-state index contributed by atoms with van der Waals surface area (Å²) in [4.78, 5) is 37.7. The van der Waals surface area contributed by atoms with E-state index in [9.17, 15) is 23.9 Å². The van der Waals surface area contributed by atoms with Crippen molar-refractivity contribution in [2.45, 2.75) is 39.2 Å². The Balaban J connectivity index is 1.96. The molecule has 0 aromatic heterocycles. The molecule has 2 rings (SSSR count). The lowest BCUT2D eigenvalue weighted by Gasteiger charge is -2.32. The van der Waals surface area contributed by atoms with Crippen molar-refractivity contribution in [2.75, 3.05) is 18.4 Å². The Morgan fingerprint density at radius 3 is 2.63 bits per heavy atom. The van der Waals surface area contributed by atoms with E-state index in [4.69, 9.17) is 0 Å². The lowest BCUT2D eigenvalue weighted by atomic mass is 9.96. The molecule has 27 heavy (non-hydrogen) atoms. The highest BCUT2D eigenvalue weighted by atomic mass is 19.1. The smallest absolute Gasteiger partial charge is 0.326 e. The molecule has 3 N–H and O–H groups in total. The summed E-state index contributed by atoms with van der Waals surface area (Å²) in [6.45, 7) is 4.40. The van der Waals surface area contributed by atoms with Crippen molar-refractivity contribution in [3.05, 3.63) is 30.1 Å². The summed E-state index contributed by atoms with van der Waals surface area (Å²) in [5.41, 5.74) is 0.0805.